The van der Waals surface area contributed by atoms with Crippen LogP contribution in [0.25, 0.3) is 10.2 Å². The Kier molecular flexibility index (Phi) is 3.87. The highest BCUT2D eigenvalue weighted by Gasteiger charge is 2.23. The molecule has 0 aliphatic rings. The van der Waals surface area contributed by atoms with Crippen LogP contribution in [0, 0.1) is 0 Å². The highest BCUT2D eigenvalue weighted by Crippen LogP contribution is 2.22. The third-order valence-electron chi connectivity index (χ3n) is 2.78. The molecule has 1 aromatic heterocycles. The number of hydrogen-bond donors (Lipinski definition) is 2. The summed E-state index contributed by atoms with van der Waals surface area (Å²) in [6.07, 6.45) is 0.723. The highest BCUT2D eigenvalue weighted by molar-refractivity contribution is 7.18. The number of aromatic nitrogens is 1. The molecule has 0 aliphatic carbocycles. The average molecular weight is 277 g/mol. The summed E-state index contributed by atoms with van der Waals surface area (Å²) in [6, 6.07) is 8.07. The number of amides is 1. The van der Waals surface area contributed by atoms with Crippen molar-refractivity contribution < 1.29 is 4.79 Å². The van der Waals surface area contributed by atoms with Gasteiger partial charge < -0.3 is 11.1 Å². The van der Waals surface area contributed by atoms with Crippen LogP contribution in [0.3, 0.4) is 0 Å². The van der Waals surface area contributed by atoms with Crippen LogP contribution in [0.5, 0.6) is 0 Å². The van der Waals surface area contributed by atoms with Crippen LogP contribution in [0.1, 0.15) is 25.8 Å². The van der Waals surface area contributed by atoms with Crippen molar-refractivity contribution in [1.82, 2.24) is 10.3 Å². The smallest absolute Gasteiger partial charge is 0.239 e. The second-order valence-electron chi connectivity index (χ2n) is 5.38. The zero-order valence-electron chi connectivity index (χ0n) is 11.4. The van der Waals surface area contributed by atoms with Gasteiger partial charge in [-0.05, 0) is 32.9 Å². The van der Waals surface area contributed by atoms with Crippen LogP contribution in [0.2, 0.25) is 0 Å². The number of fused-ring (bicyclic) bond motifs is 1. The van der Waals surface area contributed by atoms with Crippen molar-refractivity contribution in [2.24, 2.45) is 5.73 Å². The van der Waals surface area contributed by atoms with E-state index in [2.05, 4.69) is 16.4 Å². The van der Waals surface area contributed by atoms with Gasteiger partial charge >= 0.3 is 0 Å². The number of nitrogens with one attached hydrogen (secondary N) is 1. The van der Waals surface area contributed by atoms with Crippen molar-refractivity contribution in [3.05, 3.63) is 29.3 Å². The first-order valence-electron chi connectivity index (χ1n) is 6.30. The van der Waals surface area contributed by atoms with Gasteiger partial charge in [0.1, 0.15) is 0 Å². The van der Waals surface area contributed by atoms with Crippen molar-refractivity contribution in [3.8, 4) is 0 Å². The maximum Gasteiger partial charge on any atom is 0.239 e. The van der Waals surface area contributed by atoms with Crippen molar-refractivity contribution in [2.75, 3.05) is 0 Å². The quantitative estimate of drug-likeness (QED) is 0.899. The molecule has 0 saturated carbocycles. The molecule has 1 amide bonds. The molecule has 2 aromatic rings. The molecule has 19 heavy (non-hydrogen) atoms. The Morgan fingerprint density at radius 3 is 2.79 bits per heavy atom. The Bertz CT molecular complexity index is 553. The zero-order valence-corrected chi connectivity index (χ0v) is 12.3. The number of rotatable bonds is 4. The van der Waals surface area contributed by atoms with E-state index in [0.717, 1.165) is 16.9 Å². The van der Waals surface area contributed by atoms with E-state index in [1.54, 1.807) is 25.2 Å². The van der Waals surface area contributed by atoms with E-state index < -0.39 is 5.54 Å². The molecule has 0 fully saturated rings. The van der Waals surface area contributed by atoms with E-state index in [-0.39, 0.29) is 11.9 Å². The topological polar surface area (TPSA) is 68.0 Å². The molecule has 1 atom stereocenters. The maximum absolute atomic E-state index is 11.8. The summed E-state index contributed by atoms with van der Waals surface area (Å²) in [4.78, 5) is 16.3. The third kappa shape index (κ3) is 3.52. The Labute approximate surface area is 117 Å². The van der Waals surface area contributed by atoms with E-state index in [1.807, 2.05) is 25.1 Å². The Morgan fingerprint density at radius 2 is 2.16 bits per heavy atom. The van der Waals surface area contributed by atoms with E-state index in [9.17, 15) is 4.79 Å². The van der Waals surface area contributed by atoms with E-state index in [4.69, 9.17) is 5.73 Å². The van der Waals surface area contributed by atoms with Crippen LogP contribution in [0.15, 0.2) is 24.3 Å². The fourth-order valence-electron chi connectivity index (χ4n) is 1.73. The molecule has 4 nitrogen and oxygen atoms in total. The molecule has 1 unspecified atom stereocenters. The summed E-state index contributed by atoms with van der Waals surface area (Å²) in [5, 5.41) is 3.95. The summed E-state index contributed by atoms with van der Waals surface area (Å²) >= 11 is 1.67. The lowest BCUT2D eigenvalue weighted by Crippen LogP contribution is -2.51. The summed E-state index contributed by atoms with van der Waals surface area (Å²) in [5.41, 5.74) is 5.93. The van der Waals surface area contributed by atoms with Crippen LogP contribution >= 0.6 is 11.3 Å². The summed E-state index contributed by atoms with van der Waals surface area (Å²) in [6.45, 7) is 5.37. The molecule has 0 saturated heterocycles. The average Bonchev–Trinajstić information content (AvgIpc) is 2.69. The minimum Gasteiger partial charge on any atom is -0.352 e. The van der Waals surface area contributed by atoms with E-state index >= 15 is 0 Å². The highest BCUT2D eigenvalue weighted by atomic mass is 32.1. The molecule has 0 spiro atoms. The van der Waals surface area contributed by atoms with Gasteiger partial charge in [-0.3, -0.25) is 4.79 Å². The molecule has 1 aromatic carbocycles. The lowest BCUT2D eigenvalue weighted by molar-refractivity contribution is -0.125. The van der Waals surface area contributed by atoms with Gasteiger partial charge in [-0.25, -0.2) is 4.98 Å². The van der Waals surface area contributed by atoms with Crippen LogP contribution in [-0.2, 0) is 11.2 Å². The van der Waals surface area contributed by atoms with Crippen molar-refractivity contribution in [3.63, 3.8) is 0 Å². The maximum atomic E-state index is 11.8. The number of thiazole rings is 1. The molecule has 102 valence electrons. The Balaban J connectivity index is 2.02. The third-order valence-corrected chi connectivity index (χ3v) is 3.84. The fourth-order valence-corrected chi connectivity index (χ4v) is 2.83. The molecule has 5 heteroatoms. The van der Waals surface area contributed by atoms with Crippen molar-refractivity contribution >= 4 is 27.5 Å². The molecule has 0 bridgehead atoms. The molecular weight excluding hydrogens is 258 g/mol. The molecule has 3 N–H and O–H groups in total. The van der Waals surface area contributed by atoms with Gasteiger partial charge in [0.05, 0.1) is 20.8 Å². The van der Waals surface area contributed by atoms with E-state index in [1.165, 1.54) is 4.70 Å². The van der Waals surface area contributed by atoms with Crippen LogP contribution in [-0.4, -0.2) is 22.5 Å². The fraction of sp³-hybridized carbons (Fsp3) is 0.429. The number of carbonyl (C=O) groups excluding carboxylic acids is 1. The van der Waals surface area contributed by atoms with Gasteiger partial charge in [0.25, 0.3) is 0 Å². The van der Waals surface area contributed by atoms with Crippen LogP contribution in [0.4, 0.5) is 0 Å². The van der Waals surface area contributed by atoms with Gasteiger partial charge in [0.15, 0.2) is 0 Å². The minimum absolute atomic E-state index is 0.0240. The van der Waals surface area contributed by atoms with E-state index in [0.29, 0.717) is 0 Å². The first kappa shape index (κ1) is 14.0. The lowest BCUT2D eigenvalue weighted by Gasteiger charge is -2.21. The SMILES string of the molecule is CC(Cc1nc2ccccc2s1)NC(=O)C(C)(C)N. The van der Waals surface area contributed by atoms with Crippen molar-refractivity contribution in [1.29, 1.82) is 0 Å². The van der Waals surface area contributed by atoms with Crippen molar-refractivity contribution in [2.45, 2.75) is 38.8 Å². The van der Waals surface area contributed by atoms with Gasteiger partial charge in [-0.15, -0.1) is 11.3 Å². The van der Waals surface area contributed by atoms with Gasteiger partial charge in [0.2, 0.25) is 5.91 Å². The summed E-state index contributed by atoms with van der Waals surface area (Å²) in [7, 11) is 0. The predicted octanol–water partition coefficient (Wildman–Crippen LogP) is 2.08. The Morgan fingerprint density at radius 1 is 1.47 bits per heavy atom. The second-order valence-corrected chi connectivity index (χ2v) is 6.49. The number of nitrogens with two attached hydrogens (primary N) is 1. The zero-order chi connectivity index (χ0) is 14.0. The first-order valence-corrected chi connectivity index (χ1v) is 7.12. The van der Waals surface area contributed by atoms with Gasteiger partial charge in [-0.1, -0.05) is 12.1 Å². The normalized spacial score (nSPS) is 13.5. The lowest BCUT2D eigenvalue weighted by atomic mass is 10.1. The number of hydrogen-bond acceptors (Lipinski definition) is 4. The number of benzene rings is 1. The second kappa shape index (κ2) is 5.27. The molecular formula is C14H19N3OS. The molecule has 2 rings (SSSR count). The Hall–Kier alpha value is -1.46. The van der Waals surface area contributed by atoms with Crippen LogP contribution < -0.4 is 11.1 Å². The monoisotopic (exact) mass is 277 g/mol. The summed E-state index contributed by atoms with van der Waals surface area (Å²) in [5.74, 6) is -0.138. The summed E-state index contributed by atoms with van der Waals surface area (Å²) < 4.78 is 1.18. The first-order chi connectivity index (χ1) is 8.86. The molecule has 0 radical (unpaired) electrons. The van der Waals surface area contributed by atoms with Gasteiger partial charge in [-0.2, -0.15) is 0 Å². The van der Waals surface area contributed by atoms with Gasteiger partial charge in [0, 0.05) is 12.5 Å². The molecule has 1 heterocycles. The standard InChI is InChI=1S/C14H19N3OS/c1-9(16-13(18)14(2,3)15)8-12-17-10-6-4-5-7-11(10)19-12/h4-7,9H,8,15H2,1-3H3,(H,16,18). The minimum atomic E-state index is -0.845. The number of nitrogens with zero attached hydrogens (tertiary/aromatic N) is 1. The number of carbonyl (C=O) groups is 1. The predicted molar refractivity (Wildman–Crippen MR) is 79.2 cm³/mol. The number of para-hydroxylation sites is 1. The molecule has 0 aliphatic heterocycles. The largest absolute Gasteiger partial charge is 0.352 e.